The molecule has 2 saturated heterocycles. The molecule has 94 valence electrons. The van der Waals surface area contributed by atoms with E-state index in [9.17, 15) is 5.11 Å². The number of aliphatic hydroxyl groups is 1. The Morgan fingerprint density at radius 3 is 2.44 bits per heavy atom. The van der Waals surface area contributed by atoms with Crippen molar-refractivity contribution < 1.29 is 9.84 Å². The van der Waals surface area contributed by atoms with E-state index >= 15 is 0 Å². The van der Waals surface area contributed by atoms with Crippen LogP contribution in [0.25, 0.3) is 0 Å². The molecule has 0 aromatic rings. The fourth-order valence-electron chi connectivity index (χ4n) is 2.79. The van der Waals surface area contributed by atoms with Crippen LogP contribution in [0.15, 0.2) is 0 Å². The van der Waals surface area contributed by atoms with Gasteiger partial charge in [-0.3, -0.25) is 4.90 Å². The molecule has 2 unspecified atom stereocenters. The van der Waals surface area contributed by atoms with Crippen LogP contribution in [0.3, 0.4) is 0 Å². The molecule has 0 aliphatic carbocycles. The van der Waals surface area contributed by atoms with Gasteiger partial charge in [0.15, 0.2) is 0 Å². The van der Waals surface area contributed by atoms with E-state index in [-0.39, 0.29) is 12.1 Å². The number of aliphatic hydroxyl groups excluding tert-OH is 1. The summed E-state index contributed by atoms with van der Waals surface area (Å²) < 4.78 is 5.47. The van der Waals surface area contributed by atoms with E-state index in [1.54, 1.807) is 0 Å². The summed E-state index contributed by atoms with van der Waals surface area (Å²) in [6, 6.07) is 0.940. The summed E-state index contributed by atoms with van der Waals surface area (Å²) in [6.07, 6.45) is 3.01. The Morgan fingerprint density at radius 1 is 1.19 bits per heavy atom. The Kier molecular flexibility index (Phi) is 4.19. The van der Waals surface area contributed by atoms with E-state index in [0.717, 1.165) is 19.5 Å². The Bertz CT molecular complexity index is 215. The van der Waals surface area contributed by atoms with E-state index < -0.39 is 0 Å². The maximum atomic E-state index is 9.96. The monoisotopic (exact) mass is 228 g/mol. The van der Waals surface area contributed by atoms with Crippen molar-refractivity contribution in [1.29, 1.82) is 0 Å². The molecule has 0 bridgehead atoms. The van der Waals surface area contributed by atoms with Gasteiger partial charge >= 0.3 is 0 Å². The van der Waals surface area contributed by atoms with Crippen molar-refractivity contribution in [3.63, 3.8) is 0 Å². The maximum Gasteiger partial charge on any atom is 0.0739 e. The van der Waals surface area contributed by atoms with E-state index in [2.05, 4.69) is 23.9 Å². The number of nitrogens with zero attached hydrogens (tertiary/aromatic N) is 2. The first-order valence-electron chi connectivity index (χ1n) is 6.35. The molecule has 0 spiro atoms. The molecule has 2 rings (SSSR count). The highest BCUT2D eigenvalue weighted by atomic mass is 16.5. The molecule has 2 aliphatic rings. The van der Waals surface area contributed by atoms with Crippen molar-refractivity contribution in [2.75, 3.05) is 40.4 Å². The summed E-state index contributed by atoms with van der Waals surface area (Å²) in [5.74, 6) is 0. The lowest BCUT2D eigenvalue weighted by molar-refractivity contribution is -0.0697. The smallest absolute Gasteiger partial charge is 0.0739 e. The summed E-state index contributed by atoms with van der Waals surface area (Å²) in [7, 11) is 4.30. The third-order valence-corrected chi connectivity index (χ3v) is 3.99. The molecule has 4 nitrogen and oxygen atoms in total. The first kappa shape index (κ1) is 12.3. The normalized spacial score (nSPS) is 34.5. The van der Waals surface area contributed by atoms with Gasteiger partial charge in [-0.2, -0.15) is 0 Å². The fourth-order valence-corrected chi connectivity index (χ4v) is 2.79. The maximum absolute atomic E-state index is 9.96. The van der Waals surface area contributed by atoms with Crippen molar-refractivity contribution in [3.05, 3.63) is 0 Å². The third-order valence-electron chi connectivity index (χ3n) is 3.99. The summed E-state index contributed by atoms with van der Waals surface area (Å²) >= 11 is 0. The van der Waals surface area contributed by atoms with Crippen molar-refractivity contribution in [2.24, 2.45) is 0 Å². The molecule has 0 saturated carbocycles. The van der Waals surface area contributed by atoms with Gasteiger partial charge in [0, 0.05) is 25.7 Å². The first-order valence-corrected chi connectivity index (χ1v) is 6.35. The predicted molar refractivity (Wildman–Crippen MR) is 63.5 cm³/mol. The first-order chi connectivity index (χ1) is 7.68. The topological polar surface area (TPSA) is 35.9 Å². The molecule has 0 radical (unpaired) electrons. The van der Waals surface area contributed by atoms with Gasteiger partial charge in [-0.05, 0) is 33.4 Å². The number of hydrogen-bond acceptors (Lipinski definition) is 4. The number of rotatable bonds is 2. The molecule has 4 heteroatoms. The fraction of sp³-hybridized carbons (Fsp3) is 1.00. The molecule has 2 heterocycles. The summed E-state index contributed by atoms with van der Waals surface area (Å²) in [6.45, 7) is 3.60. The lowest BCUT2D eigenvalue weighted by Gasteiger charge is -2.42. The molecule has 2 fully saturated rings. The quantitative estimate of drug-likeness (QED) is 0.730. The largest absolute Gasteiger partial charge is 0.391 e. The highest BCUT2D eigenvalue weighted by Crippen LogP contribution is 2.21. The van der Waals surface area contributed by atoms with Gasteiger partial charge in [0.25, 0.3) is 0 Å². The van der Waals surface area contributed by atoms with Crippen molar-refractivity contribution in [2.45, 2.75) is 37.5 Å². The third kappa shape index (κ3) is 2.74. The molecular weight excluding hydrogens is 204 g/mol. The highest BCUT2D eigenvalue weighted by molar-refractivity contribution is 4.86. The van der Waals surface area contributed by atoms with E-state index in [4.69, 9.17) is 4.74 Å². The number of piperidine rings is 1. The van der Waals surface area contributed by atoms with Gasteiger partial charge in [0.2, 0.25) is 0 Å². The van der Waals surface area contributed by atoms with Gasteiger partial charge in [0.05, 0.1) is 18.8 Å². The average Bonchev–Trinajstić information content (AvgIpc) is 2.30. The highest BCUT2D eigenvalue weighted by Gasteiger charge is 2.32. The minimum absolute atomic E-state index is 0.190. The Labute approximate surface area is 98.2 Å². The van der Waals surface area contributed by atoms with Gasteiger partial charge in [-0.15, -0.1) is 0 Å². The standard InChI is InChI=1S/C12H24N2O2/c1-13(2)10-3-6-14(7-4-10)11-9-16-8-5-12(11)15/h10-12,15H,3-9H2,1-2H3. The van der Waals surface area contributed by atoms with Crippen LogP contribution in [-0.4, -0.2) is 73.5 Å². The van der Waals surface area contributed by atoms with E-state index in [1.807, 2.05) is 0 Å². The SMILES string of the molecule is CN(C)C1CCN(C2COCCC2O)CC1. The van der Waals surface area contributed by atoms with Crippen LogP contribution in [0.1, 0.15) is 19.3 Å². The lowest BCUT2D eigenvalue weighted by atomic mass is 9.98. The predicted octanol–water partition coefficient (Wildman–Crippen LogP) is 0.162. The zero-order valence-electron chi connectivity index (χ0n) is 10.4. The van der Waals surface area contributed by atoms with Crippen molar-refractivity contribution >= 4 is 0 Å². The molecule has 0 aromatic carbocycles. The molecule has 0 aromatic heterocycles. The second kappa shape index (κ2) is 5.45. The number of ether oxygens (including phenoxy) is 1. The lowest BCUT2D eigenvalue weighted by Crippen LogP contribution is -2.54. The molecule has 2 aliphatic heterocycles. The zero-order valence-corrected chi connectivity index (χ0v) is 10.4. The van der Waals surface area contributed by atoms with Crippen LogP contribution in [0.2, 0.25) is 0 Å². The second-order valence-corrected chi connectivity index (χ2v) is 5.23. The molecule has 2 atom stereocenters. The second-order valence-electron chi connectivity index (χ2n) is 5.23. The minimum Gasteiger partial charge on any atom is -0.391 e. The van der Waals surface area contributed by atoms with Gasteiger partial charge < -0.3 is 14.7 Å². The number of hydrogen-bond donors (Lipinski definition) is 1. The minimum atomic E-state index is -0.190. The van der Waals surface area contributed by atoms with Crippen molar-refractivity contribution in [3.8, 4) is 0 Å². The van der Waals surface area contributed by atoms with Crippen LogP contribution in [0, 0.1) is 0 Å². The van der Waals surface area contributed by atoms with E-state index in [1.165, 1.54) is 12.8 Å². The van der Waals surface area contributed by atoms with Gasteiger partial charge in [0.1, 0.15) is 0 Å². The van der Waals surface area contributed by atoms with Gasteiger partial charge in [-0.1, -0.05) is 0 Å². The van der Waals surface area contributed by atoms with Gasteiger partial charge in [-0.25, -0.2) is 0 Å². The van der Waals surface area contributed by atoms with Crippen LogP contribution >= 0.6 is 0 Å². The van der Waals surface area contributed by atoms with E-state index in [0.29, 0.717) is 19.3 Å². The van der Waals surface area contributed by atoms with Crippen LogP contribution in [0.4, 0.5) is 0 Å². The van der Waals surface area contributed by atoms with Crippen LogP contribution in [-0.2, 0) is 4.74 Å². The Morgan fingerprint density at radius 2 is 1.88 bits per heavy atom. The van der Waals surface area contributed by atoms with Crippen molar-refractivity contribution in [1.82, 2.24) is 9.80 Å². The average molecular weight is 228 g/mol. The Balaban J connectivity index is 1.83. The number of likely N-dealkylation sites (tertiary alicyclic amines) is 1. The summed E-state index contributed by atoms with van der Waals surface area (Å²) in [5, 5.41) is 9.96. The summed E-state index contributed by atoms with van der Waals surface area (Å²) in [5.41, 5.74) is 0. The molecule has 0 amide bonds. The summed E-state index contributed by atoms with van der Waals surface area (Å²) in [4.78, 5) is 4.72. The van der Waals surface area contributed by atoms with Crippen LogP contribution < -0.4 is 0 Å². The molecular formula is C12H24N2O2. The molecule has 16 heavy (non-hydrogen) atoms. The Hall–Kier alpha value is -0.160. The van der Waals surface area contributed by atoms with Crippen LogP contribution in [0.5, 0.6) is 0 Å². The zero-order chi connectivity index (χ0) is 11.5. The molecule has 1 N–H and O–H groups in total.